The third-order valence-corrected chi connectivity index (χ3v) is 4.02. The van der Waals surface area contributed by atoms with Crippen LogP contribution in [-0.2, 0) is 10.0 Å². The molecule has 7 nitrogen and oxygen atoms in total. The quantitative estimate of drug-likeness (QED) is 0.830. The molecule has 20 heavy (non-hydrogen) atoms. The number of carbonyl (C=O) groups is 1. The zero-order chi connectivity index (χ0) is 14.8. The van der Waals surface area contributed by atoms with Crippen LogP contribution >= 0.6 is 11.6 Å². The van der Waals surface area contributed by atoms with Crippen molar-refractivity contribution in [2.24, 2.45) is 0 Å². The zero-order valence-corrected chi connectivity index (χ0v) is 11.4. The molecule has 0 amide bonds. The number of aromatic nitrogens is 2. The van der Waals surface area contributed by atoms with Gasteiger partial charge in [-0.15, -0.1) is 0 Å². The van der Waals surface area contributed by atoms with Crippen LogP contribution < -0.4 is 4.72 Å². The molecule has 2 N–H and O–H groups in total. The van der Waals surface area contributed by atoms with Crippen LogP contribution in [0, 0.1) is 0 Å². The average molecular weight is 314 g/mol. The van der Waals surface area contributed by atoms with Crippen LogP contribution in [0.5, 0.6) is 0 Å². The van der Waals surface area contributed by atoms with Gasteiger partial charge in [-0.1, -0.05) is 17.7 Å². The van der Waals surface area contributed by atoms with Gasteiger partial charge in [0.15, 0.2) is 5.69 Å². The number of nitrogens with zero attached hydrogens (tertiary/aromatic N) is 2. The van der Waals surface area contributed by atoms with Crippen molar-refractivity contribution in [2.45, 2.75) is 4.90 Å². The first-order chi connectivity index (χ1) is 9.40. The summed E-state index contributed by atoms with van der Waals surface area (Å²) in [6.45, 7) is 0. The number of rotatable bonds is 4. The van der Waals surface area contributed by atoms with Gasteiger partial charge in [0.05, 0.1) is 0 Å². The van der Waals surface area contributed by atoms with Gasteiger partial charge in [-0.25, -0.2) is 23.2 Å². The standard InChI is InChI=1S/C11H8ClN3O4S/c12-10-8(4-2-6-13-10)20(18,19)15-9-5-1-3-7(14-9)11(16)17/h1-6H,(H,14,15)(H,16,17). The van der Waals surface area contributed by atoms with E-state index in [4.69, 9.17) is 16.7 Å². The summed E-state index contributed by atoms with van der Waals surface area (Å²) < 4.78 is 26.3. The molecule has 2 aromatic rings. The lowest BCUT2D eigenvalue weighted by atomic mass is 10.3. The maximum Gasteiger partial charge on any atom is 0.354 e. The van der Waals surface area contributed by atoms with E-state index < -0.39 is 16.0 Å². The van der Waals surface area contributed by atoms with Crippen LogP contribution in [0.25, 0.3) is 0 Å². The third kappa shape index (κ3) is 3.03. The summed E-state index contributed by atoms with van der Waals surface area (Å²) in [6, 6.07) is 6.64. The maximum absolute atomic E-state index is 12.1. The highest BCUT2D eigenvalue weighted by Gasteiger charge is 2.19. The normalized spacial score (nSPS) is 11.1. The second kappa shape index (κ2) is 5.43. The van der Waals surface area contributed by atoms with Crippen LogP contribution in [0.1, 0.15) is 10.5 Å². The average Bonchev–Trinajstić information content (AvgIpc) is 2.38. The Morgan fingerprint density at radius 3 is 2.65 bits per heavy atom. The van der Waals surface area contributed by atoms with Crippen LogP contribution in [0.3, 0.4) is 0 Å². The highest BCUT2D eigenvalue weighted by molar-refractivity contribution is 7.92. The summed E-state index contributed by atoms with van der Waals surface area (Å²) in [5.74, 6) is -1.38. The van der Waals surface area contributed by atoms with E-state index in [0.717, 1.165) is 0 Å². The van der Waals surface area contributed by atoms with Gasteiger partial charge in [-0.05, 0) is 24.3 Å². The molecule has 0 atom stereocenters. The fraction of sp³-hybridized carbons (Fsp3) is 0. The van der Waals surface area contributed by atoms with Crippen molar-refractivity contribution in [2.75, 3.05) is 4.72 Å². The fourth-order valence-electron chi connectivity index (χ4n) is 1.38. The molecule has 2 aromatic heterocycles. The Morgan fingerprint density at radius 1 is 1.25 bits per heavy atom. The minimum absolute atomic E-state index is 0.121. The van der Waals surface area contributed by atoms with Crippen molar-refractivity contribution in [1.82, 2.24) is 9.97 Å². The molecule has 9 heteroatoms. The number of carboxylic acids is 1. The minimum Gasteiger partial charge on any atom is -0.477 e. The Bertz CT molecular complexity index is 764. The lowest BCUT2D eigenvalue weighted by Gasteiger charge is -2.08. The molecular weight excluding hydrogens is 306 g/mol. The number of hydrogen-bond acceptors (Lipinski definition) is 5. The number of halogens is 1. The summed E-state index contributed by atoms with van der Waals surface area (Å²) in [6.07, 6.45) is 1.35. The number of carboxylic acid groups (broad SMARTS) is 1. The summed E-state index contributed by atoms with van der Waals surface area (Å²) in [5.41, 5.74) is -0.275. The Hall–Kier alpha value is -2.19. The molecule has 0 fully saturated rings. The molecular formula is C11H8ClN3O4S. The minimum atomic E-state index is -3.99. The molecule has 104 valence electrons. The van der Waals surface area contributed by atoms with Gasteiger partial charge in [0.25, 0.3) is 10.0 Å². The first-order valence-corrected chi connectivity index (χ1v) is 7.10. The Kier molecular flexibility index (Phi) is 3.86. The molecule has 2 rings (SSSR count). The van der Waals surface area contributed by atoms with Gasteiger partial charge >= 0.3 is 5.97 Å². The predicted octanol–water partition coefficient (Wildman–Crippen LogP) is 1.63. The second-order valence-corrected chi connectivity index (χ2v) is 5.62. The van der Waals surface area contributed by atoms with Crippen molar-refractivity contribution in [1.29, 1.82) is 0 Å². The van der Waals surface area contributed by atoms with E-state index in [1.54, 1.807) is 0 Å². The largest absolute Gasteiger partial charge is 0.477 e. The summed E-state index contributed by atoms with van der Waals surface area (Å²) >= 11 is 5.71. The molecule has 0 aliphatic rings. The lowest BCUT2D eigenvalue weighted by molar-refractivity contribution is 0.0690. The van der Waals surface area contributed by atoms with Crippen molar-refractivity contribution >= 4 is 33.4 Å². The van der Waals surface area contributed by atoms with Crippen LogP contribution in [0.2, 0.25) is 5.15 Å². The predicted molar refractivity (Wildman–Crippen MR) is 71.3 cm³/mol. The molecule has 0 radical (unpaired) electrons. The summed E-state index contributed by atoms with van der Waals surface area (Å²) in [7, 11) is -3.99. The van der Waals surface area contributed by atoms with Crippen molar-refractivity contribution in [3.8, 4) is 0 Å². The van der Waals surface area contributed by atoms with E-state index in [1.807, 2.05) is 0 Å². The molecule has 0 saturated heterocycles. The molecule has 0 unspecified atom stereocenters. The zero-order valence-electron chi connectivity index (χ0n) is 9.82. The van der Waals surface area contributed by atoms with Crippen molar-refractivity contribution < 1.29 is 18.3 Å². The van der Waals surface area contributed by atoms with E-state index in [1.165, 1.54) is 36.5 Å². The third-order valence-electron chi connectivity index (χ3n) is 2.22. The monoisotopic (exact) mass is 313 g/mol. The van der Waals surface area contributed by atoms with Crippen molar-refractivity contribution in [3.63, 3.8) is 0 Å². The Balaban J connectivity index is 2.36. The van der Waals surface area contributed by atoms with Gasteiger partial charge in [-0.3, -0.25) is 4.72 Å². The van der Waals surface area contributed by atoms with Crippen LogP contribution in [-0.4, -0.2) is 29.5 Å². The molecule has 2 heterocycles. The summed E-state index contributed by atoms with van der Waals surface area (Å²) in [4.78, 5) is 17.9. The van der Waals surface area contributed by atoms with E-state index in [9.17, 15) is 13.2 Å². The summed E-state index contributed by atoms with van der Waals surface area (Å²) in [5, 5.41) is 8.61. The number of anilines is 1. The second-order valence-electron chi connectivity index (χ2n) is 3.61. The highest BCUT2D eigenvalue weighted by atomic mass is 35.5. The Labute approximate surface area is 119 Å². The number of aromatic carboxylic acids is 1. The van der Waals surface area contributed by atoms with Crippen molar-refractivity contribution in [3.05, 3.63) is 47.4 Å². The molecule has 0 bridgehead atoms. The molecule has 0 saturated carbocycles. The number of sulfonamides is 1. The smallest absolute Gasteiger partial charge is 0.354 e. The van der Waals surface area contributed by atoms with E-state index >= 15 is 0 Å². The first kappa shape index (κ1) is 14.2. The van der Waals surface area contributed by atoms with Gasteiger partial charge < -0.3 is 5.11 Å². The SMILES string of the molecule is O=C(O)c1cccc(NS(=O)(=O)c2cccnc2Cl)n1. The highest BCUT2D eigenvalue weighted by Crippen LogP contribution is 2.20. The van der Waals surface area contributed by atoms with Gasteiger partial charge in [0.1, 0.15) is 15.9 Å². The van der Waals surface area contributed by atoms with E-state index in [0.29, 0.717) is 0 Å². The van der Waals surface area contributed by atoms with Crippen LogP contribution in [0.4, 0.5) is 5.82 Å². The first-order valence-electron chi connectivity index (χ1n) is 5.24. The van der Waals surface area contributed by atoms with Gasteiger partial charge in [-0.2, -0.15) is 0 Å². The molecule has 0 aliphatic carbocycles. The van der Waals surface area contributed by atoms with E-state index in [-0.39, 0.29) is 21.6 Å². The molecule has 0 aromatic carbocycles. The number of nitrogens with one attached hydrogen (secondary N) is 1. The Morgan fingerprint density at radius 2 is 2.00 bits per heavy atom. The molecule has 0 spiro atoms. The van der Waals surface area contributed by atoms with Gasteiger partial charge in [0, 0.05) is 6.20 Å². The van der Waals surface area contributed by atoms with Crippen LogP contribution in [0.15, 0.2) is 41.4 Å². The van der Waals surface area contributed by atoms with E-state index in [2.05, 4.69) is 14.7 Å². The number of hydrogen-bond donors (Lipinski definition) is 2. The molecule has 0 aliphatic heterocycles. The van der Waals surface area contributed by atoms with Gasteiger partial charge in [0.2, 0.25) is 0 Å². The fourth-order valence-corrected chi connectivity index (χ4v) is 2.83. The topological polar surface area (TPSA) is 109 Å². The maximum atomic E-state index is 12.1. The lowest BCUT2D eigenvalue weighted by Crippen LogP contribution is -2.15. The number of pyridine rings is 2.